The van der Waals surface area contributed by atoms with Crippen molar-refractivity contribution < 1.29 is 5.11 Å². The topological polar surface area (TPSA) is 30.0 Å². The molecule has 0 radical (unpaired) electrons. The van der Waals surface area contributed by atoms with E-state index in [4.69, 9.17) is 0 Å². The first kappa shape index (κ1) is 19.2. The van der Waals surface area contributed by atoms with Crippen LogP contribution in [0.4, 0.5) is 0 Å². The number of nitrogens with zero attached hydrogens (tertiary/aromatic N) is 3. The summed E-state index contributed by atoms with van der Waals surface area (Å²) < 4.78 is 0. The Balaban J connectivity index is 1.93. The predicted molar refractivity (Wildman–Crippen MR) is 97.8 cm³/mol. The van der Waals surface area contributed by atoms with Crippen molar-refractivity contribution in [1.82, 2.24) is 14.7 Å². The maximum atomic E-state index is 10.7. The van der Waals surface area contributed by atoms with E-state index in [9.17, 15) is 5.11 Å². The lowest BCUT2D eigenvalue weighted by Gasteiger charge is -2.49. The Morgan fingerprint density at radius 3 is 1.96 bits per heavy atom. The summed E-state index contributed by atoms with van der Waals surface area (Å²) in [6, 6.07) is 1.49. The van der Waals surface area contributed by atoms with E-state index in [2.05, 4.69) is 42.4 Å². The molecule has 2 aliphatic heterocycles. The van der Waals surface area contributed by atoms with Crippen LogP contribution >= 0.6 is 0 Å². The lowest BCUT2D eigenvalue weighted by atomic mass is 9.90. The Hall–Kier alpha value is -0.160. The van der Waals surface area contributed by atoms with Gasteiger partial charge in [0.15, 0.2) is 0 Å². The molecule has 2 heterocycles. The van der Waals surface area contributed by atoms with Gasteiger partial charge in [0.25, 0.3) is 0 Å². The third-order valence-electron chi connectivity index (χ3n) is 5.94. The quantitative estimate of drug-likeness (QED) is 0.840. The zero-order valence-corrected chi connectivity index (χ0v) is 16.3. The number of hydrogen-bond donors (Lipinski definition) is 1. The van der Waals surface area contributed by atoms with Crippen LogP contribution in [0.3, 0.4) is 0 Å². The molecule has 0 bridgehead atoms. The highest BCUT2D eigenvalue weighted by Crippen LogP contribution is 2.26. The van der Waals surface area contributed by atoms with Crippen molar-refractivity contribution in [2.24, 2.45) is 5.92 Å². The summed E-state index contributed by atoms with van der Waals surface area (Å²) in [6.45, 7) is 19.9. The molecule has 0 spiro atoms. The third kappa shape index (κ3) is 5.15. The molecular formula is C19H39N3O. The zero-order valence-electron chi connectivity index (χ0n) is 16.3. The molecule has 1 atom stereocenters. The van der Waals surface area contributed by atoms with Gasteiger partial charge in [0.05, 0.1) is 11.6 Å². The van der Waals surface area contributed by atoms with Crippen LogP contribution in [0.2, 0.25) is 0 Å². The summed E-state index contributed by atoms with van der Waals surface area (Å²) >= 11 is 0. The summed E-state index contributed by atoms with van der Waals surface area (Å²) in [5.41, 5.74) is -0.633. The summed E-state index contributed by atoms with van der Waals surface area (Å²) in [5.74, 6) is 0.792. The molecule has 2 rings (SSSR count). The van der Waals surface area contributed by atoms with Gasteiger partial charge in [0.1, 0.15) is 0 Å². The smallest absolute Gasteiger partial charge is 0.0758 e. The van der Waals surface area contributed by atoms with Gasteiger partial charge in [-0.2, -0.15) is 0 Å². The van der Waals surface area contributed by atoms with Gasteiger partial charge in [-0.25, -0.2) is 0 Å². The van der Waals surface area contributed by atoms with Gasteiger partial charge in [0.2, 0.25) is 0 Å². The van der Waals surface area contributed by atoms with Gasteiger partial charge in [-0.15, -0.1) is 0 Å². The van der Waals surface area contributed by atoms with Crippen molar-refractivity contribution in [2.75, 3.05) is 39.3 Å². The van der Waals surface area contributed by atoms with Crippen molar-refractivity contribution in [3.05, 3.63) is 0 Å². The maximum Gasteiger partial charge on any atom is 0.0758 e. The second kappa shape index (κ2) is 7.81. The number of likely N-dealkylation sites (tertiary alicyclic amines) is 1. The maximum absolute atomic E-state index is 10.7. The fraction of sp³-hybridized carbons (Fsp3) is 1.00. The fourth-order valence-corrected chi connectivity index (χ4v) is 4.18. The minimum Gasteiger partial charge on any atom is -0.389 e. The van der Waals surface area contributed by atoms with Crippen LogP contribution in [0.1, 0.15) is 54.4 Å². The van der Waals surface area contributed by atoms with E-state index < -0.39 is 5.60 Å². The fourth-order valence-electron chi connectivity index (χ4n) is 4.18. The molecule has 2 aliphatic rings. The molecule has 0 aliphatic carbocycles. The van der Waals surface area contributed by atoms with Crippen LogP contribution in [0, 0.1) is 5.92 Å². The third-order valence-corrected chi connectivity index (χ3v) is 5.94. The van der Waals surface area contributed by atoms with E-state index in [1.165, 1.54) is 25.9 Å². The number of piperidine rings is 1. The summed E-state index contributed by atoms with van der Waals surface area (Å²) in [5, 5.41) is 10.7. The zero-order chi connectivity index (χ0) is 17.2. The lowest BCUT2D eigenvalue weighted by molar-refractivity contribution is -0.0697. The molecule has 0 aromatic rings. The Morgan fingerprint density at radius 2 is 1.48 bits per heavy atom. The number of hydrogen-bond acceptors (Lipinski definition) is 4. The van der Waals surface area contributed by atoms with Gasteiger partial charge in [-0.3, -0.25) is 9.80 Å². The first-order valence-corrected chi connectivity index (χ1v) is 9.63. The molecule has 2 saturated heterocycles. The largest absolute Gasteiger partial charge is 0.389 e. The minimum absolute atomic E-state index is 0.252. The van der Waals surface area contributed by atoms with Crippen molar-refractivity contribution in [2.45, 2.75) is 78.1 Å². The van der Waals surface area contributed by atoms with E-state index in [-0.39, 0.29) is 6.04 Å². The highest BCUT2D eigenvalue weighted by Gasteiger charge is 2.38. The van der Waals surface area contributed by atoms with Crippen LogP contribution in [-0.2, 0) is 0 Å². The van der Waals surface area contributed by atoms with Crippen molar-refractivity contribution in [1.29, 1.82) is 0 Å². The molecule has 0 amide bonds. The molecule has 0 saturated carbocycles. The average molecular weight is 326 g/mol. The van der Waals surface area contributed by atoms with Gasteiger partial charge in [0, 0.05) is 38.3 Å². The van der Waals surface area contributed by atoms with Crippen LogP contribution < -0.4 is 0 Å². The number of rotatable bonds is 5. The molecular weight excluding hydrogens is 286 g/mol. The average Bonchev–Trinajstić information content (AvgIpc) is 2.46. The van der Waals surface area contributed by atoms with Gasteiger partial charge >= 0.3 is 0 Å². The SMILES string of the molecule is CC(C)N1CCC(CN2CCN(C(C)C)CC2C(C)(C)O)CC1. The first-order chi connectivity index (χ1) is 10.7. The Labute approximate surface area is 143 Å². The van der Waals surface area contributed by atoms with Crippen LogP contribution in [0.25, 0.3) is 0 Å². The summed E-state index contributed by atoms with van der Waals surface area (Å²) in [4.78, 5) is 7.69. The second-order valence-electron chi connectivity index (χ2n) is 8.83. The van der Waals surface area contributed by atoms with Crippen molar-refractivity contribution in [3.63, 3.8) is 0 Å². The summed E-state index contributed by atoms with van der Waals surface area (Å²) in [7, 11) is 0. The molecule has 0 aromatic heterocycles. The normalized spacial score (nSPS) is 27.3. The number of aliphatic hydroxyl groups is 1. The molecule has 4 nitrogen and oxygen atoms in total. The van der Waals surface area contributed by atoms with E-state index in [1.807, 2.05) is 13.8 Å². The molecule has 136 valence electrons. The molecule has 23 heavy (non-hydrogen) atoms. The van der Waals surface area contributed by atoms with E-state index in [0.717, 1.165) is 32.1 Å². The van der Waals surface area contributed by atoms with Crippen molar-refractivity contribution in [3.8, 4) is 0 Å². The van der Waals surface area contributed by atoms with Crippen LogP contribution in [0.15, 0.2) is 0 Å². The van der Waals surface area contributed by atoms with Crippen LogP contribution in [0.5, 0.6) is 0 Å². The van der Waals surface area contributed by atoms with E-state index in [0.29, 0.717) is 12.1 Å². The predicted octanol–water partition coefficient (Wildman–Crippen LogP) is 2.27. The highest BCUT2D eigenvalue weighted by atomic mass is 16.3. The molecule has 0 aromatic carbocycles. The minimum atomic E-state index is -0.633. The first-order valence-electron chi connectivity index (χ1n) is 9.63. The lowest BCUT2D eigenvalue weighted by Crippen LogP contribution is -2.63. The Bertz CT molecular complexity index is 356. The Morgan fingerprint density at radius 1 is 0.913 bits per heavy atom. The summed E-state index contributed by atoms with van der Waals surface area (Å²) in [6.07, 6.45) is 2.61. The molecule has 4 heteroatoms. The molecule has 2 fully saturated rings. The van der Waals surface area contributed by atoms with Gasteiger partial charge < -0.3 is 10.0 Å². The standard InChI is InChI=1S/C19H39N3O/c1-15(2)20-9-7-17(8-10-20)13-22-12-11-21(16(3)4)14-18(22)19(5,6)23/h15-18,23H,7-14H2,1-6H3. The van der Waals surface area contributed by atoms with Gasteiger partial charge in [-0.1, -0.05) is 0 Å². The Kier molecular flexibility index (Phi) is 6.51. The molecule has 1 unspecified atom stereocenters. The highest BCUT2D eigenvalue weighted by molar-refractivity contribution is 4.94. The van der Waals surface area contributed by atoms with E-state index in [1.54, 1.807) is 0 Å². The van der Waals surface area contributed by atoms with Gasteiger partial charge in [-0.05, 0) is 73.4 Å². The van der Waals surface area contributed by atoms with E-state index >= 15 is 0 Å². The van der Waals surface area contributed by atoms with Crippen molar-refractivity contribution >= 4 is 0 Å². The number of piperazine rings is 1. The molecule has 1 N–H and O–H groups in total. The monoisotopic (exact) mass is 325 g/mol. The second-order valence-corrected chi connectivity index (χ2v) is 8.83. The van der Waals surface area contributed by atoms with Crippen LogP contribution in [-0.4, -0.2) is 82.8 Å².